The van der Waals surface area contributed by atoms with Crippen molar-refractivity contribution < 1.29 is 14.3 Å². The number of hydrogen-bond acceptors (Lipinski definition) is 2. The van der Waals surface area contributed by atoms with Gasteiger partial charge in [0.15, 0.2) is 0 Å². The molecule has 1 N–H and O–H groups in total. The molecule has 1 aromatic rings. The lowest BCUT2D eigenvalue weighted by molar-refractivity contribution is -0.147. The van der Waals surface area contributed by atoms with Crippen LogP contribution in [0.4, 0.5) is 10.1 Å². The molecule has 1 aromatic carbocycles. The number of carboxylic acid groups (broad SMARTS) is 1. The highest BCUT2D eigenvalue weighted by molar-refractivity contribution is 5.85. The molecule has 0 spiro atoms. The van der Waals surface area contributed by atoms with Crippen LogP contribution in [-0.4, -0.2) is 24.2 Å². The summed E-state index contributed by atoms with van der Waals surface area (Å²) in [4.78, 5) is 13.9. The molecule has 1 saturated carbocycles. The van der Waals surface area contributed by atoms with Gasteiger partial charge in [-0.3, -0.25) is 4.79 Å². The maximum absolute atomic E-state index is 13.7. The average Bonchev–Trinajstić information content (AvgIpc) is 2.38. The summed E-state index contributed by atoms with van der Waals surface area (Å²) in [6, 6.07) is 4.65. The normalized spacial score (nSPS) is 21.4. The second-order valence-electron chi connectivity index (χ2n) is 5.95. The number of carboxylic acids is 1. The van der Waals surface area contributed by atoms with E-state index in [4.69, 9.17) is 0 Å². The zero-order chi connectivity index (χ0) is 14.2. The fourth-order valence-corrected chi connectivity index (χ4v) is 3.43. The fourth-order valence-electron chi connectivity index (χ4n) is 3.43. The first-order chi connectivity index (χ1) is 9.63. The first kappa shape index (κ1) is 13.4. The molecule has 0 aromatic heterocycles. The van der Waals surface area contributed by atoms with Gasteiger partial charge in [-0.1, -0.05) is 6.42 Å². The molecule has 1 aliphatic carbocycles. The molecular formula is C16H20FNO2. The molecule has 3 nitrogen and oxygen atoms in total. The van der Waals surface area contributed by atoms with Gasteiger partial charge in [-0.2, -0.15) is 0 Å². The van der Waals surface area contributed by atoms with Crippen LogP contribution in [0.5, 0.6) is 0 Å². The Morgan fingerprint density at radius 3 is 2.40 bits per heavy atom. The molecule has 20 heavy (non-hydrogen) atoms. The molecule has 0 amide bonds. The van der Waals surface area contributed by atoms with Crippen LogP contribution in [0.1, 0.15) is 44.1 Å². The lowest BCUT2D eigenvalue weighted by atomic mass is 9.64. The highest BCUT2D eigenvalue weighted by Gasteiger charge is 2.48. The molecule has 3 rings (SSSR count). The smallest absolute Gasteiger partial charge is 0.314 e. The third-order valence-corrected chi connectivity index (χ3v) is 4.79. The largest absolute Gasteiger partial charge is 0.481 e. The van der Waals surface area contributed by atoms with Crippen LogP contribution in [0.25, 0.3) is 0 Å². The Kier molecular flexibility index (Phi) is 3.40. The SMILES string of the molecule is O=C(O)C1(c2cc(F)ccc2N2CCCCC2)CCC1. The van der Waals surface area contributed by atoms with Crippen LogP contribution in [-0.2, 0) is 10.2 Å². The Morgan fingerprint density at radius 2 is 1.85 bits per heavy atom. The van der Waals surface area contributed by atoms with Gasteiger partial charge in [0, 0.05) is 18.8 Å². The van der Waals surface area contributed by atoms with E-state index >= 15 is 0 Å². The summed E-state index contributed by atoms with van der Waals surface area (Å²) < 4.78 is 13.7. The number of benzene rings is 1. The van der Waals surface area contributed by atoms with E-state index in [0.717, 1.165) is 38.0 Å². The van der Waals surface area contributed by atoms with Crippen molar-refractivity contribution in [1.29, 1.82) is 0 Å². The molecule has 1 saturated heterocycles. The van der Waals surface area contributed by atoms with Crippen molar-refractivity contribution >= 4 is 11.7 Å². The topological polar surface area (TPSA) is 40.5 Å². The third-order valence-electron chi connectivity index (χ3n) is 4.79. The number of anilines is 1. The first-order valence-corrected chi connectivity index (χ1v) is 7.42. The molecule has 1 aliphatic heterocycles. The van der Waals surface area contributed by atoms with Crippen LogP contribution in [0.2, 0.25) is 0 Å². The van der Waals surface area contributed by atoms with Crippen LogP contribution < -0.4 is 4.90 Å². The predicted octanol–water partition coefficient (Wildman–Crippen LogP) is 3.32. The molecule has 0 unspecified atom stereocenters. The monoisotopic (exact) mass is 277 g/mol. The Bertz CT molecular complexity index is 519. The van der Waals surface area contributed by atoms with Crippen LogP contribution in [0, 0.1) is 5.82 Å². The molecule has 108 valence electrons. The molecule has 2 fully saturated rings. The summed E-state index contributed by atoms with van der Waals surface area (Å²) in [6.07, 6.45) is 5.60. The lowest BCUT2D eigenvalue weighted by Crippen LogP contribution is -2.44. The average molecular weight is 277 g/mol. The van der Waals surface area contributed by atoms with E-state index in [-0.39, 0.29) is 5.82 Å². The molecule has 0 atom stereocenters. The fraction of sp³-hybridized carbons (Fsp3) is 0.562. The molecule has 1 heterocycles. The van der Waals surface area contributed by atoms with E-state index in [1.807, 2.05) is 0 Å². The zero-order valence-corrected chi connectivity index (χ0v) is 11.6. The molecular weight excluding hydrogens is 257 g/mol. The minimum atomic E-state index is -0.866. The minimum Gasteiger partial charge on any atom is -0.481 e. The van der Waals surface area contributed by atoms with E-state index in [0.29, 0.717) is 18.4 Å². The Balaban J connectivity index is 2.04. The first-order valence-electron chi connectivity index (χ1n) is 7.42. The summed E-state index contributed by atoms with van der Waals surface area (Å²) in [5.74, 6) is -1.15. The maximum atomic E-state index is 13.7. The summed E-state index contributed by atoms with van der Waals surface area (Å²) in [7, 11) is 0. The highest BCUT2D eigenvalue weighted by Crippen LogP contribution is 2.48. The number of rotatable bonds is 3. The van der Waals surface area contributed by atoms with Crippen LogP contribution in [0.15, 0.2) is 18.2 Å². The quantitative estimate of drug-likeness (QED) is 0.921. The van der Waals surface area contributed by atoms with Gasteiger partial charge in [0.1, 0.15) is 5.82 Å². The van der Waals surface area contributed by atoms with E-state index in [1.54, 1.807) is 6.07 Å². The summed E-state index contributed by atoms with van der Waals surface area (Å²) in [5, 5.41) is 9.61. The highest BCUT2D eigenvalue weighted by atomic mass is 19.1. The Morgan fingerprint density at radius 1 is 1.15 bits per heavy atom. The van der Waals surface area contributed by atoms with Crippen molar-refractivity contribution in [2.24, 2.45) is 0 Å². The molecule has 2 aliphatic rings. The predicted molar refractivity (Wildman–Crippen MR) is 75.6 cm³/mol. The maximum Gasteiger partial charge on any atom is 0.314 e. The second kappa shape index (κ2) is 5.08. The number of halogens is 1. The van der Waals surface area contributed by atoms with Crippen molar-refractivity contribution in [2.45, 2.75) is 43.9 Å². The van der Waals surface area contributed by atoms with Crippen LogP contribution in [0.3, 0.4) is 0 Å². The van der Waals surface area contributed by atoms with Gasteiger partial charge in [0.2, 0.25) is 0 Å². The van der Waals surface area contributed by atoms with Crippen molar-refractivity contribution in [3.05, 3.63) is 29.6 Å². The summed E-state index contributed by atoms with van der Waals surface area (Å²) >= 11 is 0. The number of hydrogen-bond donors (Lipinski definition) is 1. The number of carbonyl (C=O) groups is 1. The van der Waals surface area contributed by atoms with Gasteiger partial charge >= 0.3 is 5.97 Å². The zero-order valence-electron chi connectivity index (χ0n) is 11.6. The van der Waals surface area contributed by atoms with Crippen LogP contribution >= 0.6 is 0 Å². The minimum absolute atomic E-state index is 0.340. The molecule has 0 bridgehead atoms. The Labute approximate surface area is 118 Å². The summed E-state index contributed by atoms with van der Waals surface area (Å²) in [5.41, 5.74) is 0.737. The second-order valence-corrected chi connectivity index (χ2v) is 5.95. The number of aliphatic carboxylic acids is 1. The van der Waals surface area contributed by atoms with Gasteiger partial charge < -0.3 is 10.0 Å². The van der Waals surface area contributed by atoms with Crippen molar-refractivity contribution in [2.75, 3.05) is 18.0 Å². The third kappa shape index (κ3) is 2.07. The van der Waals surface area contributed by atoms with Crippen molar-refractivity contribution in [3.8, 4) is 0 Å². The molecule has 4 heteroatoms. The molecule has 0 radical (unpaired) electrons. The van der Waals surface area contributed by atoms with Crippen molar-refractivity contribution in [3.63, 3.8) is 0 Å². The van der Waals surface area contributed by atoms with E-state index in [2.05, 4.69) is 4.90 Å². The van der Waals surface area contributed by atoms with Gasteiger partial charge in [-0.15, -0.1) is 0 Å². The van der Waals surface area contributed by atoms with E-state index < -0.39 is 11.4 Å². The number of piperidine rings is 1. The van der Waals surface area contributed by atoms with E-state index in [9.17, 15) is 14.3 Å². The standard InChI is InChI=1S/C16H20FNO2/c17-12-5-6-14(18-9-2-1-3-10-18)13(11-12)16(15(19)20)7-4-8-16/h5-6,11H,1-4,7-10H2,(H,19,20). The van der Waals surface area contributed by atoms with Gasteiger partial charge in [0.25, 0.3) is 0 Å². The lowest BCUT2D eigenvalue weighted by Gasteiger charge is -2.41. The number of nitrogens with zero attached hydrogens (tertiary/aromatic N) is 1. The van der Waals surface area contributed by atoms with Gasteiger partial charge in [-0.25, -0.2) is 4.39 Å². The van der Waals surface area contributed by atoms with E-state index in [1.165, 1.54) is 18.6 Å². The summed E-state index contributed by atoms with van der Waals surface area (Å²) in [6.45, 7) is 1.88. The van der Waals surface area contributed by atoms with Gasteiger partial charge in [0.05, 0.1) is 5.41 Å². The Hall–Kier alpha value is -1.58. The van der Waals surface area contributed by atoms with Crippen molar-refractivity contribution in [1.82, 2.24) is 0 Å². The van der Waals surface area contributed by atoms with Gasteiger partial charge in [-0.05, 0) is 55.9 Å².